The molecule has 1 aromatic rings. The number of rotatable bonds is 5. The SMILES string of the molecule is O=C(CCNC(=O)NC12CC3CC(CC(C3)C1)C2)NC1CCc2ccccc21. The molecule has 5 aliphatic rings. The number of carbonyl (C=O) groups excluding carboxylic acids is 2. The van der Waals surface area contributed by atoms with Crippen molar-refractivity contribution in [2.24, 2.45) is 17.8 Å². The molecule has 0 heterocycles. The summed E-state index contributed by atoms with van der Waals surface area (Å²) in [6.45, 7) is 0.387. The Morgan fingerprint density at radius 1 is 1.00 bits per heavy atom. The summed E-state index contributed by atoms with van der Waals surface area (Å²) in [7, 11) is 0. The average molecular weight is 382 g/mol. The second-order valence-corrected chi connectivity index (χ2v) is 9.69. The van der Waals surface area contributed by atoms with E-state index in [2.05, 4.69) is 34.1 Å². The highest BCUT2D eigenvalue weighted by Crippen LogP contribution is 2.55. The molecule has 4 fully saturated rings. The summed E-state index contributed by atoms with van der Waals surface area (Å²) in [6, 6.07) is 8.34. The van der Waals surface area contributed by atoms with Crippen LogP contribution in [0.4, 0.5) is 4.79 Å². The fourth-order valence-electron chi connectivity index (χ4n) is 6.81. The number of hydrogen-bond donors (Lipinski definition) is 3. The first-order valence-electron chi connectivity index (χ1n) is 11.0. The fourth-order valence-corrected chi connectivity index (χ4v) is 6.81. The van der Waals surface area contributed by atoms with Gasteiger partial charge >= 0.3 is 6.03 Å². The molecule has 28 heavy (non-hydrogen) atoms. The average Bonchev–Trinajstić information content (AvgIpc) is 3.03. The first kappa shape index (κ1) is 18.0. The Bertz CT molecular complexity index is 740. The van der Waals surface area contributed by atoms with Crippen LogP contribution in [0.5, 0.6) is 0 Å². The highest BCUT2D eigenvalue weighted by Gasteiger charge is 2.51. The summed E-state index contributed by atoms with van der Waals surface area (Å²) in [6.07, 6.45) is 9.86. The van der Waals surface area contributed by atoms with Crippen molar-refractivity contribution in [2.45, 2.75) is 69.4 Å². The number of amides is 3. The summed E-state index contributed by atoms with van der Waals surface area (Å²) in [5, 5.41) is 9.35. The minimum Gasteiger partial charge on any atom is -0.349 e. The van der Waals surface area contributed by atoms with Crippen molar-refractivity contribution >= 4 is 11.9 Å². The van der Waals surface area contributed by atoms with E-state index in [-0.39, 0.29) is 23.5 Å². The molecule has 0 aliphatic heterocycles. The van der Waals surface area contributed by atoms with Crippen LogP contribution in [0, 0.1) is 17.8 Å². The standard InChI is InChI=1S/C23H31N3O2/c27-21(25-20-6-5-18-3-1-2-4-19(18)20)7-8-24-22(28)26-23-12-15-9-16(13-23)11-17(10-15)14-23/h1-4,15-17,20H,5-14H2,(H,25,27)(H2,24,26,28). The van der Waals surface area contributed by atoms with Crippen molar-refractivity contribution in [1.82, 2.24) is 16.0 Å². The summed E-state index contributed by atoms with van der Waals surface area (Å²) in [5.74, 6) is 2.45. The minimum absolute atomic E-state index is 0.0109. The van der Waals surface area contributed by atoms with E-state index in [0.29, 0.717) is 13.0 Å². The Labute approximate surface area is 167 Å². The molecular formula is C23H31N3O2. The van der Waals surface area contributed by atoms with Gasteiger partial charge in [0.05, 0.1) is 6.04 Å². The molecule has 4 bridgehead atoms. The summed E-state index contributed by atoms with van der Waals surface area (Å²) < 4.78 is 0. The van der Waals surface area contributed by atoms with Crippen LogP contribution in [0.3, 0.4) is 0 Å². The van der Waals surface area contributed by atoms with Crippen LogP contribution < -0.4 is 16.0 Å². The van der Waals surface area contributed by atoms with Crippen LogP contribution >= 0.6 is 0 Å². The number of fused-ring (bicyclic) bond motifs is 1. The maximum atomic E-state index is 12.5. The third-order valence-corrected chi connectivity index (χ3v) is 7.52. The van der Waals surface area contributed by atoms with E-state index in [1.807, 2.05) is 6.07 Å². The molecule has 1 atom stereocenters. The zero-order valence-corrected chi connectivity index (χ0v) is 16.5. The quantitative estimate of drug-likeness (QED) is 0.731. The molecular weight excluding hydrogens is 350 g/mol. The van der Waals surface area contributed by atoms with E-state index in [1.165, 1.54) is 30.4 Å². The Morgan fingerprint density at radius 2 is 1.68 bits per heavy atom. The maximum Gasteiger partial charge on any atom is 0.315 e. The second-order valence-electron chi connectivity index (χ2n) is 9.69. The van der Waals surface area contributed by atoms with E-state index in [1.54, 1.807) is 0 Å². The van der Waals surface area contributed by atoms with Gasteiger partial charge in [-0.05, 0) is 80.2 Å². The highest BCUT2D eigenvalue weighted by atomic mass is 16.2. The molecule has 5 heteroatoms. The van der Waals surface area contributed by atoms with Gasteiger partial charge in [0, 0.05) is 18.5 Å². The number of aryl methyl sites for hydroxylation is 1. The normalized spacial score (nSPS) is 34.7. The van der Waals surface area contributed by atoms with Crippen LogP contribution in [-0.4, -0.2) is 24.0 Å². The maximum absolute atomic E-state index is 12.5. The Hall–Kier alpha value is -2.04. The van der Waals surface area contributed by atoms with E-state index < -0.39 is 0 Å². The molecule has 0 aromatic heterocycles. The molecule has 1 unspecified atom stereocenters. The molecule has 6 rings (SSSR count). The van der Waals surface area contributed by atoms with E-state index in [0.717, 1.165) is 49.9 Å². The molecule has 0 spiro atoms. The molecule has 150 valence electrons. The van der Waals surface area contributed by atoms with Gasteiger partial charge in [-0.2, -0.15) is 0 Å². The third-order valence-electron chi connectivity index (χ3n) is 7.52. The minimum atomic E-state index is -0.0963. The van der Waals surface area contributed by atoms with Crippen LogP contribution in [0.2, 0.25) is 0 Å². The largest absolute Gasteiger partial charge is 0.349 e. The predicted molar refractivity (Wildman–Crippen MR) is 108 cm³/mol. The van der Waals surface area contributed by atoms with Gasteiger partial charge in [-0.3, -0.25) is 4.79 Å². The van der Waals surface area contributed by atoms with Crippen molar-refractivity contribution in [3.8, 4) is 0 Å². The topological polar surface area (TPSA) is 70.2 Å². The summed E-state index contributed by atoms with van der Waals surface area (Å²) in [4.78, 5) is 24.8. The van der Waals surface area contributed by atoms with Gasteiger partial charge < -0.3 is 16.0 Å². The van der Waals surface area contributed by atoms with Gasteiger partial charge in [0.15, 0.2) is 0 Å². The molecule has 5 aliphatic carbocycles. The Kier molecular flexibility index (Phi) is 4.56. The van der Waals surface area contributed by atoms with E-state index in [4.69, 9.17) is 0 Å². The summed E-state index contributed by atoms with van der Waals surface area (Å²) in [5.41, 5.74) is 2.60. The van der Waals surface area contributed by atoms with Crippen LogP contribution in [0.25, 0.3) is 0 Å². The molecule has 3 N–H and O–H groups in total. The lowest BCUT2D eigenvalue weighted by Crippen LogP contribution is -2.61. The number of benzene rings is 1. The number of carbonyl (C=O) groups is 2. The number of hydrogen-bond acceptors (Lipinski definition) is 2. The molecule has 4 saturated carbocycles. The fraction of sp³-hybridized carbons (Fsp3) is 0.652. The second kappa shape index (κ2) is 7.09. The number of urea groups is 1. The van der Waals surface area contributed by atoms with Gasteiger partial charge in [-0.25, -0.2) is 4.79 Å². The Balaban J connectivity index is 1.07. The van der Waals surface area contributed by atoms with Gasteiger partial charge in [0.25, 0.3) is 0 Å². The molecule has 0 radical (unpaired) electrons. The van der Waals surface area contributed by atoms with Crippen molar-refractivity contribution in [3.05, 3.63) is 35.4 Å². The van der Waals surface area contributed by atoms with E-state index in [9.17, 15) is 9.59 Å². The third kappa shape index (κ3) is 3.51. The van der Waals surface area contributed by atoms with Gasteiger partial charge in [0.1, 0.15) is 0 Å². The molecule has 1 aromatic carbocycles. The van der Waals surface area contributed by atoms with Crippen molar-refractivity contribution < 1.29 is 9.59 Å². The van der Waals surface area contributed by atoms with Crippen molar-refractivity contribution in [2.75, 3.05) is 6.54 Å². The van der Waals surface area contributed by atoms with Crippen molar-refractivity contribution in [1.29, 1.82) is 0 Å². The molecule has 5 nitrogen and oxygen atoms in total. The summed E-state index contributed by atoms with van der Waals surface area (Å²) >= 11 is 0. The van der Waals surface area contributed by atoms with Gasteiger partial charge in [0.2, 0.25) is 5.91 Å². The van der Waals surface area contributed by atoms with Crippen LogP contribution in [-0.2, 0) is 11.2 Å². The van der Waals surface area contributed by atoms with Gasteiger partial charge in [-0.15, -0.1) is 0 Å². The zero-order valence-electron chi connectivity index (χ0n) is 16.5. The highest BCUT2D eigenvalue weighted by molar-refractivity contribution is 5.79. The first-order valence-corrected chi connectivity index (χ1v) is 11.0. The lowest BCUT2D eigenvalue weighted by molar-refractivity contribution is -0.121. The number of nitrogens with one attached hydrogen (secondary N) is 3. The predicted octanol–water partition coefficient (Wildman–Crippen LogP) is 3.45. The monoisotopic (exact) mass is 381 g/mol. The molecule has 0 saturated heterocycles. The first-order chi connectivity index (χ1) is 13.6. The zero-order chi connectivity index (χ0) is 19.1. The lowest BCUT2D eigenvalue weighted by Gasteiger charge is -2.56. The molecule has 3 amide bonds. The smallest absolute Gasteiger partial charge is 0.315 e. The lowest BCUT2D eigenvalue weighted by atomic mass is 9.53. The van der Waals surface area contributed by atoms with E-state index >= 15 is 0 Å². The van der Waals surface area contributed by atoms with Crippen molar-refractivity contribution in [3.63, 3.8) is 0 Å². The van der Waals surface area contributed by atoms with Crippen LogP contribution in [0.1, 0.15) is 68.5 Å². The van der Waals surface area contributed by atoms with Crippen LogP contribution in [0.15, 0.2) is 24.3 Å². The Morgan fingerprint density at radius 3 is 2.39 bits per heavy atom. The van der Waals surface area contributed by atoms with Gasteiger partial charge in [-0.1, -0.05) is 24.3 Å².